The second kappa shape index (κ2) is 8.71. The average Bonchev–Trinajstić information content (AvgIpc) is 3.32. The monoisotopic (exact) mass is 398 g/mol. The molecule has 148 valence electrons. The van der Waals surface area contributed by atoms with Gasteiger partial charge < -0.3 is 14.9 Å². The van der Waals surface area contributed by atoms with Crippen LogP contribution in [-0.4, -0.2) is 52.8 Å². The molecule has 0 unspecified atom stereocenters. The maximum atomic E-state index is 13.1. The Morgan fingerprint density at radius 1 is 1.18 bits per heavy atom. The second-order valence-electron chi connectivity index (χ2n) is 6.91. The molecule has 0 spiro atoms. The van der Waals surface area contributed by atoms with Crippen LogP contribution < -0.4 is 0 Å². The highest BCUT2D eigenvalue weighted by Gasteiger charge is 2.43. The van der Waals surface area contributed by atoms with Crippen LogP contribution in [0.15, 0.2) is 53.1 Å². The number of rotatable bonds is 8. The van der Waals surface area contributed by atoms with Gasteiger partial charge in [0.2, 0.25) is 5.78 Å². The highest BCUT2D eigenvalue weighted by Crippen LogP contribution is 2.39. The molecule has 1 aliphatic rings. The third-order valence-electron chi connectivity index (χ3n) is 5.24. The Morgan fingerprint density at radius 2 is 1.86 bits per heavy atom. The molecule has 0 bridgehead atoms. The second-order valence-corrected chi connectivity index (χ2v) is 7.86. The van der Waals surface area contributed by atoms with Gasteiger partial charge in [-0.05, 0) is 37.0 Å². The number of aryl methyl sites for hydroxylation is 1. The molecule has 1 amide bonds. The zero-order valence-electron chi connectivity index (χ0n) is 16.5. The number of ketones is 1. The number of aliphatic hydroxyl groups excluding tert-OH is 1. The minimum Gasteiger partial charge on any atom is -0.503 e. The fourth-order valence-electron chi connectivity index (χ4n) is 3.54. The predicted octanol–water partition coefficient (Wildman–Crippen LogP) is 3.98. The molecule has 1 aromatic carbocycles. The zero-order chi connectivity index (χ0) is 20.3. The fourth-order valence-corrected chi connectivity index (χ4v) is 4.22. The first kappa shape index (κ1) is 20.3. The number of amides is 1. The number of carbonyl (C=O) groups is 2. The molecule has 1 N–H and O–H groups in total. The maximum Gasteiger partial charge on any atom is 0.290 e. The van der Waals surface area contributed by atoms with Crippen molar-refractivity contribution < 1.29 is 14.7 Å². The first-order chi connectivity index (χ1) is 13.5. The van der Waals surface area contributed by atoms with Crippen molar-refractivity contribution in [1.82, 2.24) is 9.80 Å². The summed E-state index contributed by atoms with van der Waals surface area (Å²) in [7, 11) is 0. The summed E-state index contributed by atoms with van der Waals surface area (Å²) >= 11 is 1.31. The molecule has 28 heavy (non-hydrogen) atoms. The molecule has 1 atom stereocenters. The molecule has 1 aromatic heterocycles. The molecule has 6 heteroatoms. The van der Waals surface area contributed by atoms with Gasteiger partial charge in [0, 0.05) is 13.1 Å². The van der Waals surface area contributed by atoms with E-state index in [0.29, 0.717) is 18.0 Å². The Hall–Kier alpha value is -2.44. The van der Waals surface area contributed by atoms with Crippen LogP contribution in [0.2, 0.25) is 0 Å². The summed E-state index contributed by atoms with van der Waals surface area (Å²) in [5.74, 6) is -1.18. The van der Waals surface area contributed by atoms with E-state index in [2.05, 4.69) is 18.7 Å². The Morgan fingerprint density at radius 3 is 2.43 bits per heavy atom. The van der Waals surface area contributed by atoms with Crippen LogP contribution in [0.4, 0.5) is 0 Å². The predicted molar refractivity (Wildman–Crippen MR) is 112 cm³/mol. The number of carbonyl (C=O) groups excluding carboxylic acids is 2. The number of nitrogens with zero attached hydrogens (tertiary/aromatic N) is 2. The van der Waals surface area contributed by atoms with E-state index in [1.54, 1.807) is 17.0 Å². The van der Waals surface area contributed by atoms with Crippen LogP contribution in [0.5, 0.6) is 0 Å². The molecular weight excluding hydrogens is 372 g/mol. The number of hydrogen-bond acceptors (Lipinski definition) is 5. The molecule has 3 rings (SSSR count). The Bertz CT molecular complexity index is 868. The first-order valence-electron chi connectivity index (χ1n) is 9.59. The summed E-state index contributed by atoms with van der Waals surface area (Å²) in [6, 6.07) is 10.7. The van der Waals surface area contributed by atoms with Gasteiger partial charge >= 0.3 is 0 Å². The standard InChI is InChI=1S/C22H26N2O3S/c1-4-23(5-2)12-13-24-19(16-10-8-15(3)9-11-16)18(21(26)22(24)27)20(25)17-7-6-14-28-17/h6-11,14,19,26H,4-5,12-13H2,1-3H3/t19-/m0/s1. The van der Waals surface area contributed by atoms with Crippen molar-refractivity contribution in [1.29, 1.82) is 0 Å². The SMILES string of the molecule is CCN(CC)CCN1C(=O)C(O)=C(C(=O)c2cccs2)[C@@H]1c1ccc(C)cc1. The summed E-state index contributed by atoms with van der Waals surface area (Å²) < 4.78 is 0. The van der Waals surface area contributed by atoms with E-state index in [4.69, 9.17) is 0 Å². The summed E-state index contributed by atoms with van der Waals surface area (Å²) in [6.45, 7) is 9.05. The van der Waals surface area contributed by atoms with Crippen molar-refractivity contribution in [3.8, 4) is 0 Å². The van der Waals surface area contributed by atoms with Crippen molar-refractivity contribution in [3.05, 3.63) is 69.1 Å². The van der Waals surface area contributed by atoms with Gasteiger partial charge in [0.25, 0.3) is 5.91 Å². The van der Waals surface area contributed by atoms with Crippen molar-refractivity contribution in [2.75, 3.05) is 26.2 Å². The number of aliphatic hydroxyl groups is 1. The van der Waals surface area contributed by atoms with E-state index >= 15 is 0 Å². The maximum absolute atomic E-state index is 13.1. The Balaban J connectivity index is 1.99. The van der Waals surface area contributed by atoms with E-state index in [1.165, 1.54) is 11.3 Å². The van der Waals surface area contributed by atoms with E-state index < -0.39 is 17.7 Å². The minimum absolute atomic E-state index is 0.177. The lowest BCUT2D eigenvalue weighted by Crippen LogP contribution is -2.38. The molecule has 0 fully saturated rings. The van der Waals surface area contributed by atoms with Crippen LogP contribution in [0, 0.1) is 6.92 Å². The van der Waals surface area contributed by atoms with E-state index in [0.717, 1.165) is 24.2 Å². The van der Waals surface area contributed by atoms with E-state index in [-0.39, 0.29) is 11.4 Å². The van der Waals surface area contributed by atoms with Crippen molar-refractivity contribution in [2.24, 2.45) is 0 Å². The van der Waals surface area contributed by atoms with E-state index in [1.807, 2.05) is 36.6 Å². The van der Waals surface area contributed by atoms with Crippen molar-refractivity contribution in [3.63, 3.8) is 0 Å². The van der Waals surface area contributed by atoms with Gasteiger partial charge in [-0.3, -0.25) is 9.59 Å². The molecule has 0 saturated carbocycles. The number of thiophene rings is 1. The Labute approximate surface area is 169 Å². The Kier molecular flexibility index (Phi) is 6.31. The zero-order valence-corrected chi connectivity index (χ0v) is 17.3. The molecule has 0 radical (unpaired) electrons. The van der Waals surface area contributed by atoms with Gasteiger partial charge in [-0.1, -0.05) is 49.7 Å². The highest BCUT2D eigenvalue weighted by molar-refractivity contribution is 7.12. The summed E-state index contributed by atoms with van der Waals surface area (Å²) in [4.78, 5) is 30.4. The van der Waals surface area contributed by atoms with Crippen LogP contribution in [-0.2, 0) is 4.79 Å². The summed E-state index contributed by atoms with van der Waals surface area (Å²) in [6.07, 6.45) is 0. The molecule has 2 aromatic rings. The topological polar surface area (TPSA) is 60.9 Å². The molecular formula is C22H26N2O3S. The average molecular weight is 399 g/mol. The van der Waals surface area contributed by atoms with Crippen molar-refractivity contribution >= 4 is 23.0 Å². The number of likely N-dealkylation sites (N-methyl/N-ethyl adjacent to an activating group) is 1. The van der Waals surface area contributed by atoms with Gasteiger partial charge in [-0.2, -0.15) is 0 Å². The van der Waals surface area contributed by atoms with Gasteiger partial charge in [0.05, 0.1) is 16.5 Å². The minimum atomic E-state index is -0.571. The van der Waals surface area contributed by atoms with Crippen LogP contribution in [0.3, 0.4) is 0 Å². The van der Waals surface area contributed by atoms with Gasteiger partial charge in [-0.15, -0.1) is 11.3 Å². The summed E-state index contributed by atoms with van der Waals surface area (Å²) in [5.41, 5.74) is 2.11. The summed E-state index contributed by atoms with van der Waals surface area (Å²) in [5, 5.41) is 12.4. The number of hydrogen-bond donors (Lipinski definition) is 1. The lowest BCUT2D eigenvalue weighted by molar-refractivity contribution is -0.129. The molecule has 0 aliphatic carbocycles. The van der Waals surface area contributed by atoms with Crippen LogP contribution >= 0.6 is 11.3 Å². The van der Waals surface area contributed by atoms with Gasteiger partial charge in [0.15, 0.2) is 5.76 Å². The van der Waals surface area contributed by atoms with Gasteiger partial charge in [0.1, 0.15) is 0 Å². The smallest absolute Gasteiger partial charge is 0.290 e. The lowest BCUT2D eigenvalue weighted by atomic mass is 9.95. The molecule has 2 heterocycles. The third kappa shape index (κ3) is 3.88. The molecule has 0 saturated heterocycles. The fraction of sp³-hybridized carbons (Fsp3) is 0.364. The lowest BCUT2D eigenvalue weighted by Gasteiger charge is -2.29. The molecule has 5 nitrogen and oxygen atoms in total. The van der Waals surface area contributed by atoms with Crippen LogP contribution in [0.1, 0.15) is 40.7 Å². The first-order valence-corrected chi connectivity index (χ1v) is 10.5. The van der Waals surface area contributed by atoms with Crippen molar-refractivity contribution in [2.45, 2.75) is 26.8 Å². The van der Waals surface area contributed by atoms with Crippen LogP contribution in [0.25, 0.3) is 0 Å². The third-order valence-corrected chi connectivity index (χ3v) is 6.11. The van der Waals surface area contributed by atoms with E-state index in [9.17, 15) is 14.7 Å². The number of Topliss-reactive ketones (excluding diaryl/α,β-unsaturated/α-hetero) is 1. The largest absolute Gasteiger partial charge is 0.503 e. The number of benzene rings is 1. The van der Waals surface area contributed by atoms with Gasteiger partial charge in [-0.25, -0.2) is 0 Å². The highest BCUT2D eigenvalue weighted by atomic mass is 32.1. The quantitative estimate of drug-likeness (QED) is 0.684. The molecule has 1 aliphatic heterocycles. The normalized spacial score (nSPS) is 17.1.